The second kappa shape index (κ2) is 9.87. The van der Waals surface area contributed by atoms with Crippen LogP contribution in [0.4, 0.5) is 0 Å². The van der Waals surface area contributed by atoms with Gasteiger partial charge in [0, 0.05) is 18.7 Å². The molecule has 1 aliphatic heterocycles. The Kier molecular flexibility index (Phi) is 7.79. The number of amides is 2. The zero-order valence-electron chi connectivity index (χ0n) is 18.0. The van der Waals surface area contributed by atoms with Crippen molar-refractivity contribution in [2.24, 2.45) is 5.92 Å². The summed E-state index contributed by atoms with van der Waals surface area (Å²) in [5.74, 6) is -1.39. The van der Waals surface area contributed by atoms with Gasteiger partial charge in [-0.05, 0) is 29.0 Å². The van der Waals surface area contributed by atoms with Crippen LogP contribution in [-0.4, -0.2) is 61.6 Å². The molecule has 1 N–H and O–H groups in total. The minimum Gasteiger partial charge on any atom is -0.454 e. The molecule has 2 amide bonds. The average Bonchev–Trinajstić information content (AvgIpc) is 2.69. The first-order valence-electron chi connectivity index (χ1n) is 10.0. The third-order valence-corrected chi connectivity index (χ3v) is 4.92. The molecule has 0 radical (unpaired) electrons. The van der Waals surface area contributed by atoms with E-state index in [4.69, 9.17) is 9.47 Å². The molecule has 2 rings (SSSR count). The molecule has 1 aromatic carbocycles. The maximum absolute atomic E-state index is 12.6. The number of esters is 1. The molecule has 1 saturated heterocycles. The minimum atomic E-state index is -0.831. The standard InChI is InChI=1S/C22H32N2O5/c1-15(2)19(21(27)29-14-18(25)24-10-12-28-13-11-24)23-20(26)16-6-8-17(9-7-16)22(3,4)5/h6-9,15,19H,10-14H2,1-5H3,(H,23,26)/t19-/m0/s1. The van der Waals surface area contributed by atoms with Crippen molar-refractivity contribution in [3.8, 4) is 0 Å². The lowest BCUT2D eigenvalue weighted by atomic mass is 9.86. The number of hydrogen-bond acceptors (Lipinski definition) is 5. The molecule has 0 saturated carbocycles. The number of carbonyl (C=O) groups excluding carboxylic acids is 3. The average molecular weight is 405 g/mol. The molecule has 0 aliphatic carbocycles. The lowest BCUT2D eigenvalue weighted by Crippen LogP contribution is -2.47. The molecular formula is C22H32N2O5. The molecule has 0 unspecified atom stereocenters. The largest absolute Gasteiger partial charge is 0.454 e. The van der Waals surface area contributed by atoms with Crippen LogP contribution in [0.5, 0.6) is 0 Å². The van der Waals surface area contributed by atoms with Gasteiger partial charge in [0.1, 0.15) is 6.04 Å². The predicted octanol–water partition coefficient (Wildman–Crippen LogP) is 2.14. The van der Waals surface area contributed by atoms with Crippen LogP contribution in [0.15, 0.2) is 24.3 Å². The van der Waals surface area contributed by atoms with Crippen LogP contribution in [0.2, 0.25) is 0 Å². The summed E-state index contributed by atoms with van der Waals surface area (Å²) < 4.78 is 10.4. The van der Waals surface area contributed by atoms with Crippen LogP contribution in [-0.2, 0) is 24.5 Å². The summed E-state index contributed by atoms with van der Waals surface area (Å²) in [7, 11) is 0. The highest BCUT2D eigenvalue weighted by Crippen LogP contribution is 2.22. The molecule has 0 spiro atoms. The summed E-state index contributed by atoms with van der Waals surface area (Å²) in [5.41, 5.74) is 1.59. The molecule has 1 heterocycles. The van der Waals surface area contributed by atoms with E-state index < -0.39 is 12.0 Å². The molecule has 7 nitrogen and oxygen atoms in total. The van der Waals surface area contributed by atoms with Crippen molar-refractivity contribution >= 4 is 17.8 Å². The van der Waals surface area contributed by atoms with Crippen LogP contribution < -0.4 is 5.32 Å². The third kappa shape index (κ3) is 6.56. The predicted molar refractivity (Wildman–Crippen MR) is 110 cm³/mol. The molecule has 0 aromatic heterocycles. The van der Waals surface area contributed by atoms with Crippen LogP contribution in [0, 0.1) is 5.92 Å². The van der Waals surface area contributed by atoms with E-state index in [1.807, 2.05) is 26.0 Å². The number of nitrogens with zero attached hydrogens (tertiary/aromatic N) is 1. The monoisotopic (exact) mass is 404 g/mol. The van der Waals surface area contributed by atoms with Gasteiger partial charge >= 0.3 is 5.97 Å². The van der Waals surface area contributed by atoms with E-state index in [1.165, 1.54) is 0 Å². The molecule has 1 fully saturated rings. The van der Waals surface area contributed by atoms with Crippen molar-refractivity contribution in [3.63, 3.8) is 0 Å². The molecule has 1 aliphatic rings. The van der Waals surface area contributed by atoms with Crippen LogP contribution in [0.3, 0.4) is 0 Å². The lowest BCUT2D eigenvalue weighted by molar-refractivity contribution is -0.155. The van der Waals surface area contributed by atoms with Crippen molar-refractivity contribution < 1.29 is 23.9 Å². The number of ether oxygens (including phenoxy) is 2. The third-order valence-electron chi connectivity index (χ3n) is 4.92. The van der Waals surface area contributed by atoms with E-state index >= 15 is 0 Å². The molecule has 0 bridgehead atoms. The van der Waals surface area contributed by atoms with E-state index in [2.05, 4.69) is 26.1 Å². The number of hydrogen-bond donors (Lipinski definition) is 1. The Morgan fingerprint density at radius 1 is 1.10 bits per heavy atom. The van der Waals surface area contributed by atoms with Gasteiger partial charge in [-0.15, -0.1) is 0 Å². The Morgan fingerprint density at radius 3 is 2.21 bits per heavy atom. The van der Waals surface area contributed by atoms with Gasteiger partial charge in [-0.3, -0.25) is 9.59 Å². The molecular weight excluding hydrogens is 372 g/mol. The van der Waals surface area contributed by atoms with E-state index in [-0.39, 0.29) is 29.8 Å². The maximum atomic E-state index is 12.6. The first-order valence-corrected chi connectivity index (χ1v) is 10.0. The van der Waals surface area contributed by atoms with Crippen molar-refractivity contribution in [1.82, 2.24) is 10.2 Å². The smallest absolute Gasteiger partial charge is 0.329 e. The fourth-order valence-electron chi connectivity index (χ4n) is 2.97. The maximum Gasteiger partial charge on any atom is 0.329 e. The SMILES string of the molecule is CC(C)[C@H](NC(=O)c1ccc(C(C)(C)C)cc1)C(=O)OCC(=O)N1CCOCC1. The van der Waals surface area contributed by atoms with Gasteiger partial charge in [0.05, 0.1) is 13.2 Å². The highest BCUT2D eigenvalue weighted by atomic mass is 16.5. The lowest BCUT2D eigenvalue weighted by Gasteiger charge is -2.27. The highest BCUT2D eigenvalue weighted by molar-refractivity contribution is 5.97. The Bertz CT molecular complexity index is 716. The molecule has 160 valence electrons. The Hall–Kier alpha value is -2.41. The highest BCUT2D eigenvalue weighted by Gasteiger charge is 2.28. The van der Waals surface area contributed by atoms with Gasteiger partial charge in [-0.1, -0.05) is 46.8 Å². The van der Waals surface area contributed by atoms with Crippen molar-refractivity contribution in [2.45, 2.75) is 46.1 Å². The Labute approximate surface area is 172 Å². The number of nitrogens with one attached hydrogen (secondary N) is 1. The summed E-state index contributed by atoms with van der Waals surface area (Å²) in [5, 5.41) is 2.74. The van der Waals surface area contributed by atoms with Gasteiger partial charge < -0.3 is 19.7 Å². The quantitative estimate of drug-likeness (QED) is 0.735. The van der Waals surface area contributed by atoms with E-state index in [1.54, 1.807) is 17.0 Å². The number of rotatable bonds is 6. The fourth-order valence-corrected chi connectivity index (χ4v) is 2.97. The summed E-state index contributed by atoms with van der Waals surface area (Å²) in [6.45, 7) is 11.6. The zero-order chi connectivity index (χ0) is 21.6. The normalized spacial score (nSPS) is 15.7. The summed E-state index contributed by atoms with van der Waals surface area (Å²) in [4.78, 5) is 38.9. The number of carbonyl (C=O) groups is 3. The molecule has 1 atom stereocenters. The molecule has 1 aromatic rings. The Morgan fingerprint density at radius 2 is 1.69 bits per heavy atom. The zero-order valence-corrected chi connectivity index (χ0v) is 18.0. The van der Waals surface area contributed by atoms with Gasteiger partial charge in [-0.2, -0.15) is 0 Å². The minimum absolute atomic E-state index is 0.00764. The van der Waals surface area contributed by atoms with E-state index in [0.717, 1.165) is 5.56 Å². The van der Waals surface area contributed by atoms with Crippen molar-refractivity contribution in [2.75, 3.05) is 32.9 Å². The van der Waals surface area contributed by atoms with E-state index in [9.17, 15) is 14.4 Å². The summed E-state index contributed by atoms with van der Waals surface area (Å²) in [6.07, 6.45) is 0. The first-order chi connectivity index (χ1) is 13.6. The summed E-state index contributed by atoms with van der Waals surface area (Å²) >= 11 is 0. The van der Waals surface area contributed by atoms with Crippen LogP contribution in [0.25, 0.3) is 0 Å². The van der Waals surface area contributed by atoms with Gasteiger partial charge in [0.25, 0.3) is 11.8 Å². The summed E-state index contributed by atoms with van der Waals surface area (Å²) in [6, 6.07) is 6.50. The van der Waals surface area contributed by atoms with Gasteiger partial charge in [0.15, 0.2) is 6.61 Å². The number of morpholine rings is 1. The Balaban J connectivity index is 1.95. The topological polar surface area (TPSA) is 84.9 Å². The van der Waals surface area contributed by atoms with Crippen molar-refractivity contribution in [1.29, 1.82) is 0 Å². The fraction of sp³-hybridized carbons (Fsp3) is 0.591. The second-order valence-corrected chi connectivity index (χ2v) is 8.62. The number of benzene rings is 1. The van der Waals surface area contributed by atoms with Crippen molar-refractivity contribution in [3.05, 3.63) is 35.4 Å². The second-order valence-electron chi connectivity index (χ2n) is 8.62. The van der Waals surface area contributed by atoms with Crippen LogP contribution in [0.1, 0.15) is 50.5 Å². The molecule has 29 heavy (non-hydrogen) atoms. The molecule has 7 heteroatoms. The van der Waals surface area contributed by atoms with Gasteiger partial charge in [0.2, 0.25) is 0 Å². The first kappa shape index (κ1) is 22.9. The van der Waals surface area contributed by atoms with E-state index in [0.29, 0.717) is 31.9 Å². The van der Waals surface area contributed by atoms with Crippen LogP contribution >= 0.6 is 0 Å². The van der Waals surface area contributed by atoms with Gasteiger partial charge in [-0.25, -0.2) is 4.79 Å².